The van der Waals surface area contributed by atoms with E-state index in [2.05, 4.69) is 62.9 Å². The molecule has 2 aliphatic carbocycles. The van der Waals surface area contributed by atoms with E-state index in [0.29, 0.717) is 74.5 Å². The van der Waals surface area contributed by atoms with Crippen molar-refractivity contribution in [3.63, 3.8) is 0 Å². The molecule has 2 aromatic heterocycles. The van der Waals surface area contributed by atoms with Crippen molar-refractivity contribution in [1.82, 2.24) is 19.6 Å². The fourth-order valence-corrected chi connectivity index (χ4v) is 13.4. The van der Waals surface area contributed by atoms with Crippen LogP contribution in [0.25, 0.3) is 11.0 Å². The number of aromatic amines is 1. The van der Waals surface area contributed by atoms with E-state index in [1.807, 2.05) is 6.07 Å². The lowest BCUT2D eigenvalue weighted by molar-refractivity contribution is -0.384. The van der Waals surface area contributed by atoms with Crippen molar-refractivity contribution in [3.05, 3.63) is 99.7 Å². The predicted molar refractivity (Wildman–Crippen MR) is 278 cm³/mol. The minimum Gasteiger partial charge on any atom is -0.489 e. The zero-order valence-electron chi connectivity index (χ0n) is 42.3. The Balaban J connectivity index is 0.843. The summed E-state index contributed by atoms with van der Waals surface area (Å²) < 4.78 is 60.9. The van der Waals surface area contributed by atoms with E-state index in [4.69, 9.17) is 28.7 Å². The maximum Gasteiger partial charge on any atom is 0.297 e. The number of hydrogen-bond acceptors (Lipinski definition) is 15. The van der Waals surface area contributed by atoms with Gasteiger partial charge in [0.25, 0.3) is 27.5 Å². The summed E-state index contributed by atoms with van der Waals surface area (Å²) in [6, 6.07) is 20.5. The number of hydrogen-bond donors (Lipinski definition) is 4. The third-order valence-corrected chi connectivity index (χ3v) is 18.0. The van der Waals surface area contributed by atoms with Crippen molar-refractivity contribution >= 4 is 44.0 Å². The standard InChI is InChI=1S/C55H67N7O11S/c1-34(2)41-7-4-5-8-42(41)45-9-6-20-61(45)38-29-55(30-38)17-21-60(22-18-55)37-10-11-43(47(26-37)73-49-25-36-14-19-56-51(36)58-53(49)72-32-39-31-69-23-24-70-39)52(63)59-74(67,68)40-27-46(62(65)66)50-48(28-40)71-33-44(57-50)35-12-15-54(3,64)16-13-35/h4-5,7-8,10-11,14,19,25-28,34-35,38-39,44-45,57,64H,6,9,12-13,15-18,20-24,29-33H2,1-3H3,(H,56,58)(H,59,63)/t35?,39-,44-,45+,54?/m1/s1. The van der Waals surface area contributed by atoms with E-state index in [1.54, 1.807) is 37.4 Å². The molecule has 0 radical (unpaired) electrons. The minimum atomic E-state index is -4.74. The summed E-state index contributed by atoms with van der Waals surface area (Å²) in [5.74, 6) is -0.104. The lowest BCUT2D eigenvalue weighted by Crippen LogP contribution is -2.54. The highest BCUT2D eigenvalue weighted by Gasteiger charge is 2.50. The molecule has 3 aromatic carbocycles. The largest absolute Gasteiger partial charge is 0.489 e. The van der Waals surface area contributed by atoms with Gasteiger partial charge in [0.1, 0.15) is 30.7 Å². The Morgan fingerprint density at radius 1 is 0.986 bits per heavy atom. The van der Waals surface area contributed by atoms with Gasteiger partial charge in [-0.3, -0.25) is 19.8 Å². The molecule has 0 unspecified atom stereocenters. The molecular weight excluding hydrogens is 967 g/mol. The summed E-state index contributed by atoms with van der Waals surface area (Å²) in [7, 11) is -4.74. The Bertz CT molecular complexity index is 3000. The number of nitrogens with zero attached hydrogens (tertiary/aromatic N) is 4. The molecule has 6 heterocycles. The van der Waals surface area contributed by atoms with Gasteiger partial charge in [0.15, 0.2) is 17.2 Å². The van der Waals surface area contributed by atoms with Crippen molar-refractivity contribution in [2.45, 2.75) is 126 Å². The van der Waals surface area contributed by atoms with Crippen LogP contribution in [-0.2, 0) is 19.5 Å². The van der Waals surface area contributed by atoms with E-state index in [-0.39, 0.29) is 71.1 Å². The van der Waals surface area contributed by atoms with Crippen LogP contribution < -0.4 is 29.1 Å². The molecule has 3 atom stereocenters. The second kappa shape index (κ2) is 20.3. The summed E-state index contributed by atoms with van der Waals surface area (Å²) >= 11 is 0. The monoisotopic (exact) mass is 1030 g/mol. The van der Waals surface area contributed by atoms with Crippen molar-refractivity contribution in [1.29, 1.82) is 0 Å². The number of pyridine rings is 1. The first-order valence-electron chi connectivity index (χ1n) is 26.3. The quantitative estimate of drug-likeness (QED) is 0.0602. The summed E-state index contributed by atoms with van der Waals surface area (Å²) in [4.78, 5) is 38.7. The van der Waals surface area contributed by atoms with Crippen molar-refractivity contribution < 1.29 is 46.9 Å². The fourth-order valence-electron chi connectivity index (χ4n) is 12.4. The van der Waals surface area contributed by atoms with Crippen LogP contribution in [0.3, 0.4) is 0 Å². The van der Waals surface area contributed by atoms with Gasteiger partial charge in [0.2, 0.25) is 0 Å². The zero-order chi connectivity index (χ0) is 51.4. The molecule has 4 N–H and O–H groups in total. The summed E-state index contributed by atoms with van der Waals surface area (Å²) in [5.41, 5.74) is 3.23. The number of nitrogens with one attached hydrogen (secondary N) is 3. The number of benzene rings is 3. The first-order valence-corrected chi connectivity index (χ1v) is 27.8. The predicted octanol–water partition coefficient (Wildman–Crippen LogP) is 9.00. The molecule has 1 spiro atoms. The number of ether oxygens (including phenoxy) is 5. The first kappa shape index (κ1) is 50.2. The number of aliphatic hydroxyl groups is 1. The number of carbonyl (C=O) groups excluding carboxylic acids is 1. The minimum absolute atomic E-state index is 0.0155. The molecule has 5 aromatic rings. The maximum absolute atomic E-state index is 14.5. The number of fused-ring (bicyclic) bond motifs is 2. The second-order valence-electron chi connectivity index (χ2n) is 22.0. The lowest BCUT2D eigenvalue weighted by atomic mass is 9.59. The van der Waals surface area contributed by atoms with Crippen LogP contribution in [0.5, 0.6) is 23.1 Å². The van der Waals surface area contributed by atoms with Crippen molar-refractivity contribution in [2.75, 3.05) is 62.9 Å². The summed E-state index contributed by atoms with van der Waals surface area (Å²) in [5, 5.41) is 27.0. The molecule has 4 aliphatic heterocycles. The average Bonchev–Trinajstić information content (AvgIpc) is 4.07. The number of anilines is 2. The second-order valence-corrected chi connectivity index (χ2v) is 23.7. The molecule has 394 valence electrons. The lowest BCUT2D eigenvalue weighted by Gasteiger charge is -2.56. The van der Waals surface area contributed by atoms with E-state index >= 15 is 0 Å². The Hall–Kier alpha value is -5.99. The smallest absolute Gasteiger partial charge is 0.297 e. The molecular formula is C55H67N7O11S. The van der Waals surface area contributed by atoms with E-state index < -0.39 is 37.0 Å². The van der Waals surface area contributed by atoms with Crippen LogP contribution in [0, 0.1) is 21.4 Å². The molecule has 1 amide bonds. The van der Waals surface area contributed by atoms with Gasteiger partial charge in [-0.15, -0.1) is 0 Å². The average molecular weight is 1030 g/mol. The van der Waals surface area contributed by atoms with E-state index in [1.165, 1.54) is 42.9 Å². The highest BCUT2D eigenvalue weighted by Crippen LogP contribution is 2.54. The topological polar surface area (TPSA) is 220 Å². The van der Waals surface area contributed by atoms with Gasteiger partial charge in [-0.25, -0.2) is 13.1 Å². The Labute approximate surface area is 431 Å². The third-order valence-electron chi connectivity index (χ3n) is 16.7. The number of nitro groups is 1. The van der Waals surface area contributed by atoms with Crippen LogP contribution in [0.2, 0.25) is 0 Å². The number of carbonyl (C=O) groups is 1. The van der Waals surface area contributed by atoms with Crippen LogP contribution in [0.1, 0.15) is 118 Å². The number of sulfonamides is 1. The van der Waals surface area contributed by atoms with Crippen LogP contribution in [-0.4, -0.2) is 116 Å². The Morgan fingerprint density at radius 3 is 2.54 bits per heavy atom. The number of aromatic nitrogens is 2. The first-order chi connectivity index (χ1) is 35.6. The van der Waals surface area contributed by atoms with Crippen molar-refractivity contribution in [2.24, 2.45) is 11.3 Å². The molecule has 18 nitrogen and oxygen atoms in total. The summed E-state index contributed by atoms with van der Waals surface area (Å²) in [6.45, 7) is 10.6. The van der Waals surface area contributed by atoms with Crippen molar-refractivity contribution in [3.8, 4) is 23.1 Å². The molecule has 6 aliphatic rings. The highest BCUT2D eigenvalue weighted by atomic mass is 32.2. The number of amides is 1. The fraction of sp³-hybridized carbons (Fsp3) is 0.527. The molecule has 3 saturated heterocycles. The van der Waals surface area contributed by atoms with Gasteiger partial charge in [-0.05, 0) is 130 Å². The van der Waals surface area contributed by atoms with Gasteiger partial charge in [-0.1, -0.05) is 38.1 Å². The molecule has 2 saturated carbocycles. The molecule has 0 bridgehead atoms. The number of H-pyrrole nitrogens is 1. The summed E-state index contributed by atoms with van der Waals surface area (Å²) in [6.07, 6.45) is 10.7. The number of rotatable bonds is 14. The maximum atomic E-state index is 14.5. The van der Waals surface area contributed by atoms with Gasteiger partial charge >= 0.3 is 0 Å². The van der Waals surface area contributed by atoms with Gasteiger partial charge in [-0.2, -0.15) is 4.98 Å². The van der Waals surface area contributed by atoms with Gasteiger partial charge in [0.05, 0.1) is 46.8 Å². The van der Waals surface area contributed by atoms with Gasteiger partial charge < -0.3 is 44.0 Å². The zero-order valence-corrected chi connectivity index (χ0v) is 43.2. The van der Waals surface area contributed by atoms with Crippen LogP contribution in [0.4, 0.5) is 17.1 Å². The third kappa shape index (κ3) is 10.2. The van der Waals surface area contributed by atoms with E-state index in [0.717, 1.165) is 44.2 Å². The van der Waals surface area contributed by atoms with Crippen LogP contribution in [0.15, 0.2) is 77.8 Å². The number of piperidine rings is 1. The SMILES string of the molecule is CC(C)c1ccccc1[C@@H]1CCCN1C1CC2(CCN(c3ccc(C(=O)NS(=O)(=O)c4cc5c(c([N+](=O)[O-])c4)N[C@@H](C4CCC(C)(O)CC4)CO5)c(Oc4cc5cc[nH]c5nc4OC[C@H]4COCCO4)c3)CC2)C1. The number of likely N-dealkylation sites (tertiary alicyclic amines) is 1. The molecule has 74 heavy (non-hydrogen) atoms. The normalized spacial score (nSPS) is 25.2. The van der Waals surface area contributed by atoms with Crippen LogP contribution >= 0.6 is 0 Å². The molecule has 11 rings (SSSR count). The molecule has 5 fully saturated rings. The Kier molecular flexibility index (Phi) is 13.7. The van der Waals surface area contributed by atoms with Gasteiger partial charge in [0, 0.05) is 60.6 Å². The Morgan fingerprint density at radius 2 is 1.78 bits per heavy atom. The van der Waals surface area contributed by atoms with E-state index in [9.17, 15) is 28.4 Å². The number of nitro benzene ring substituents is 1. The highest BCUT2D eigenvalue weighted by molar-refractivity contribution is 7.90. The molecule has 19 heteroatoms.